The van der Waals surface area contributed by atoms with Gasteiger partial charge in [-0.3, -0.25) is 14.4 Å². The zero-order valence-electron chi connectivity index (χ0n) is 18.8. The molecule has 166 valence electrons. The number of hydrogen-bond donors (Lipinski definition) is 3. The molecule has 7 heteroatoms. The highest BCUT2D eigenvalue weighted by Crippen LogP contribution is 2.20. The molecule has 1 fully saturated rings. The molecule has 3 amide bonds. The average Bonchev–Trinajstić information content (AvgIpc) is 2.72. The van der Waals surface area contributed by atoms with Crippen LogP contribution in [0.15, 0.2) is 24.3 Å². The Bertz CT molecular complexity index is 737. The van der Waals surface area contributed by atoms with E-state index in [1.807, 2.05) is 38.1 Å². The maximum Gasteiger partial charge on any atom is 0.246 e. The maximum absolute atomic E-state index is 12.6. The Morgan fingerprint density at radius 2 is 1.57 bits per heavy atom. The van der Waals surface area contributed by atoms with E-state index in [-0.39, 0.29) is 29.6 Å². The molecular formula is C23H36N4O3. The van der Waals surface area contributed by atoms with Crippen molar-refractivity contribution >= 4 is 23.4 Å². The molecule has 2 unspecified atom stereocenters. The van der Waals surface area contributed by atoms with Crippen molar-refractivity contribution in [3.63, 3.8) is 0 Å². The van der Waals surface area contributed by atoms with Gasteiger partial charge >= 0.3 is 0 Å². The van der Waals surface area contributed by atoms with Crippen LogP contribution in [0.5, 0.6) is 0 Å². The van der Waals surface area contributed by atoms with Crippen molar-refractivity contribution in [1.29, 1.82) is 0 Å². The van der Waals surface area contributed by atoms with Crippen molar-refractivity contribution in [3.05, 3.63) is 29.8 Å². The molecule has 0 saturated carbocycles. The normalized spacial score (nSPS) is 17.0. The Balaban J connectivity index is 1.81. The van der Waals surface area contributed by atoms with Crippen molar-refractivity contribution in [2.75, 3.05) is 18.4 Å². The number of amides is 3. The van der Waals surface area contributed by atoms with E-state index < -0.39 is 12.1 Å². The molecule has 1 aliphatic heterocycles. The van der Waals surface area contributed by atoms with E-state index in [1.54, 1.807) is 11.8 Å². The predicted octanol–water partition coefficient (Wildman–Crippen LogP) is 2.48. The highest BCUT2D eigenvalue weighted by molar-refractivity contribution is 5.97. The van der Waals surface area contributed by atoms with Crippen molar-refractivity contribution in [2.24, 2.45) is 17.6 Å². The second kappa shape index (κ2) is 10.6. The molecule has 2 rings (SSSR count). The van der Waals surface area contributed by atoms with Gasteiger partial charge in [0, 0.05) is 24.7 Å². The van der Waals surface area contributed by atoms with E-state index in [9.17, 15) is 14.4 Å². The number of anilines is 1. The Kier molecular flexibility index (Phi) is 8.41. The molecule has 7 nitrogen and oxygen atoms in total. The van der Waals surface area contributed by atoms with Gasteiger partial charge in [-0.25, -0.2) is 0 Å². The van der Waals surface area contributed by atoms with Crippen LogP contribution >= 0.6 is 0 Å². The molecule has 1 heterocycles. The van der Waals surface area contributed by atoms with Gasteiger partial charge in [0.05, 0.1) is 6.04 Å². The molecule has 0 radical (unpaired) electrons. The quantitative estimate of drug-likeness (QED) is 0.635. The zero-order chi connectivity index (χ0) is 22.4. The van der Waals surface area contributed by atoms with Crippen LogP contribution in [0, 0.1) is 11.8 Å². The number of nitrogens with two attached hydrogens (primary N) is 1. The first-order valence-corrected chi connectivity index (χ1v) is 10.9. The smallest absolute Gasteiger partial charge is 0.246 e. The van der Waals surface area contributed by atoms with Gasteiger partial charge in [-0.1, -0.05) is 39.8 Å². The molecule has 4 N–H and O–H groups in total. The lowest BCUT2D eigenvalue weighted by Gasteiger charge is -2.34. The van der Waals surface area contributed by atoms with E-state index in [0.29, 0.717) is 37.5 Å². The van der Waals surface area contributed by atoms with Gasteiger partial charge in [0.25, 0.3) is 0 Å². The number of carbonyl (C=O) groups excluding carboxylic acids is 3. The number of piperidine rings is 1. The van der Waals surface area contributed by atoms with Crippen molar-refractivity contribution in [2.45, 2.75) is 65.5 Å². The minimum atomic E-state index is -0.642. The largest absolute Gasteiger partial charge is 0.344 e. The van der Waals surface area contributed by atoms with Gasteiger partial charge in [-0.15, -0.1) is 0 Å². The van der Waals surface area contributed by atoms with E-state index in [0.717, 1.165) is 0 Å². The fraction of sp³-hybridized carbons (Fsp3) is 0.609. The molecule has 2 atom stereocenters. The van der Waals surface area contributed by atoms with E-state index >= 15 is 0 Å². The van der Waals surface area contributed by atoms with Gasteiger partial charge in [0.1, 0.15) is 6.04 Å². The summed E-state index contributed by atoms with van der Waals surface area (Å²) < 4.78 is 0. The average molecular weight is 417 g/mol. The van der Waals surface area contributed by atoms with Crippen LogP contribution in [-0.4, -0.2) is 47.8 Å². The third-order valence-electron chi connectivity index (χ3n) is 5.78. The topological polar surface area (TPSA) is 105 Å². The molecule has 0 aromatic heterocycles. The van der Waals surface area contributed by atoms with Crippen molar-refractivity contribution < 1.29 is 14.4 Å². The number of hydrogen-bond acceptors (Lipinski definition) is 4. The third kappa shape index (κ3) is 6.29. The van der Waals surface area contributed by atoms with Crippen LogP contribution in [0.25, 0.3) is 0 Å². The van der Waals surface area contributed by atoms with Gasteiger partial charge in [-0.2, -0.15) is 0 Å². The summed E-state index contributed by atoms with van der Waals surface area (Å²) in [5.74, 6) is -0.149. The second-order valence-electron chi connectivity index (χ2n) is 8.87. The Morgan fingerprint density at radius 1 is 1.00 bits per heavy atom. The van der Waals surface area contributed by atoms with Gasteiger partial charge in [0.2, 0.25) is 17.7 Å². The highest BCUT2D eigenvalue weighted by Gasteiger charge is 2.31. The molecule has 0 spiro atoms. The number of nitrogens with zero attached hydrogens (tertiary/aromatic N) is 1. The molecule has 1 aliphatic rings. The summed E-state index contributed by atoms with van der Waals surface area (Å²) in [6.45, 7) is 10.8. The Morgan fingerprint density at radius 3 is 2.07 bits per heavy atom. The minimum absolute atomic E-state index is 0.0555. The van der Waals surface area contributed by atoms with E-state index in [1.165, 1.54) is 5.56 Å². The van der Waals surface area contributed by atoms with Crippen LogP contribution in [0.4, 0.5) is 5.69 Å². The lowest BCUT2D eigenvalue weighted by Crippen LogP contribution is -2.51. The summed E-state index contributed by atoms with van der Waals surface area (Å²) in [4.78, 5) is 39.1. The zero-order valence-corrected chi connectivity index (χ0v) is 18.8. The molecule has 0 bridgehead atoms. The Hall–Kier alpha value is -2.41. The number of likely N-dealkylation sites (tertiary alicyclic amines) is 1. The monoisotopic (exact) mass is 416 g/mol. The van der Waals surface area contributed by atoms with Gasteiger partial charge in [-0.05, 0) is 49.3 Å². The lowest BCUT2D eigenvalue weighted by molar-refractivity contribution is -0.137. The lowest BCUT2D eigenvalue weighted by atomic mass is 9.94. The number of benzene rings is 1. The van der Waals surface area contributed by atoms with Crippen LogP contribution in [0.2, 0.25) is 0 Å². The fourth-order valence-corrected chi connectivity index (χ4v) is 3.46. The minimum Gasteiger partial charge on any atom is -0.344 e. The molecule has 30 heavy (non-hydrogen) atoms. The van der Waals surface area contributed by atoms with Crippen molar-refractivity contribution in [3.8, 4) is 0 Å². The van der Waals surface area contributed by atoms with Crippen LogP contribution in [0.1, 0.15) is 58.9 Å². The summed E-state index contributed by atoms with van der Waals surface area (Å²) in [6.07, 6.45) is 1.15. The van der Waals surface area contributed by atoms with Crippen LogP contribution in [0.3, 0.4) is 0 Å². The molecule has 1 aromatic rings. The maximum atomic E-state index is 12.6. The first-order chi connectivity index (χ1) is 14.1. The van der Waals surface area contributed by atoms with Gasteiger partial charge in [0.15, 0.2) is 0 Å². The SMILES string of the molecule is CC(NC(=O)C1CCN(C(=O)C(N)C(C)C)CC1)C(=O)Nc1ccc(C(C)C)cc1. The standard InChI is InChI=1S/C23H36N4O3/c1-14(2)17-6-8-19(9-7-17)26-21(28)16(5)25-22(29)18-10-12-27(13-11-18)23(30)20(24)15(3)4/h6-9,14-16,18,20H,10-13,24H2,1-5H3,(H,25,29)(H,26,28). The summed E-state index contributed by atoms with van der Waals surface area (Å²) in [7, 11) is 0. The second-order valence-corrected chi connectivity index (χ2v) is 8.87. The van der Waals surface area contributed by atoms with Crippen molar-refractivity contribution in [1.82, 2.24) is 10.2 Å². The predicted molar refractivity (Wildman–Crippen MR) is 119 cm³/mol. The first kappa shape index (κ1) is 23.9. The molecule has 0 aliphatic carbocycles. The number of rotatable bonds is 7. The van der Waals surface area contributed by atoms with Crippen LogP contribution in [-0.2, 0) is 14.4 Å². The van der Waals surface area contributed by atoms with Gasteiger partial charge < -0.3 is 21.3 Å². The summed E-state index contributed by atoms with van der Waals surface area (Å²) in [5, 5.41) is 5.65. The van der Waals surface area contributed by atoms with E-state index in [2.05, 4.69) is 24.5 Å². The molecule has 1 aromatic carbocycles. The number of carbonyl (C=O) groups is 3. The summed E-state index contributed by atoms with van der Waals surface area (Å²) >= 11 is 0. The molecular weight excluding hydrogens is 380 g/mol. The first-order valence-electron chi connectivity index (χ1n) is 10.9. The highest BCUT2D eigenvalue weighted by atomic mass is 16.2. The van der Waals surface area contributed by atoms with E-state index in [4.69, 9.17) is 5.73 Å². The van der Waals surface area contributed by atoms with Crippen LogP contribution < -0.4 is 16.4 Å². The molecule has 1 saturated heterocycles. The summed E-state index contributed by atoms with van der Waals surface area (Å²) in [6, 6.07) is 6.57. The summed E-state index contributed by atoms with van der Waals surface area (Å²) in [5.41, 5.74) is 7.87. The Labute approximate surface area is 179 Å². The third-order valence-corrected chi connectivity index (χ3v) is 5.78. The fourth-order valence-electron chi connectivity index (χ4n) is 3.46. The number of nitrogens with one attached hydrogen (secondary N) is 2.